The number of aliphatic carboxylic acids is 1. The van der Waals surface area contributed by atoms with E-state index in [2.05, 4.69) is 19.2 Å². The van der Waals surface area contributed by atoms with Crippen molar-refractivity contribution in [3.05, 3.63) is 0 Å². The molecule has 0 aromatic heterocycles. The highest BCUT2D eigenvalue weighted by Crippen LogP contribution is 2.30. The SMILES string of the molecule is CC(C)C1CCCC(NC(=O)N2CCOC(CN(C)CC(=O)O)C2)C1. The van der Waals surface area contributed by atoms with Crippen molar-refractivity contribution in [3.8, 4) is 0 Å². The Labute approximate surface area is 150 Å². The van der Waals surface area contributed by atoms with Crippen molar-refractivity contribution in [1.82, 2.24) is 15.1 Å². The molecule has 2 fully saturated rings. The number of likely N-dealkylation sites (N-methyl/N-ethyl adjacent to an activating group) is 1. The lowest BCUT2D eigenvalue weighted by Gasteiger charge is -2.37. The van der Waals surface area contributed by atoms with Gasteiger partial charge in [0.25, 0.3) is 0 Å². The first-order valence-corrected chi connectivity index (χ1v) is 9.42. The van der Waals surface area contributed by atoms with Gasteiger partial charge in [0.2, 0.25) is 0 Å². The average molecular weight is 355 g/mol. The van der Waals surface area contributed by atoms with Gasteiger partial charge in [0.15, 0.2) is 0 Å². The first-order chi connectivity index (χ1) is 11.8. The first kappa shape index (κ1) is 20.0. The minimum atomic E-state index is -0.857. The summed E-state index contributed by atoms with van der Waals surface area (Å²) in [5.74, 6) is 0.503. The number of carboxylic acids is 1. The van der Waals surface area contributed by atoms with E-state index >= 15 is 0 Å². The van der Waals surface area contributed by atoms with Crippen LogP contribution in [0.5, 0.6) is 0 Å². The Kier molecular flexibility index (Phi) is 7.50. The first-order valence-electron chi connectivity index (χ1n) is 9.42. The molecule has 1 aliphatic carbocycles. The number of morpholine rings is 1. The average Bonchev–Trinajstić information content (AvgIpc) is 2.54. The van der Waals surface area contributed by atoms with Crippen LogP contribution in [0.1, 0.15) is 39.5 Å². The number of hydrogen-bond acceptors (Lipinski definition) is 4. The van der Waals surface area contributed by atoms with Gasteiger partial charge in [0.1, 0.15) is 0 Å². The van der Waals surface area contributed by atoms with E-state index in [9.17, 15) is 9.59 Å². The largest absolute Gasteiger partial charge is 0.480 e. The molecule has 1 aliphatic heterocycles. The number of carboxylic acid groups (broad SMARTS) is 1. The zero-order valence-electron chi connectivity index (χ0n) is 15.7. The topological polar surface area (TPSA) is 82.1 Å². The van der Waals surface area contributed by atoms with Crippen LogP contribution >= 0.6 is 0 Å². The Morgan fingerprint density at radius 1 is 1.36 bits per heavy atom. The third-order valence-electron chi connectivity index (χ3n) is 5.33. The Morgan fingerprint density at radius 2 is 2.12 bits per heavy atom. The Bertz CT molecular complexity index is 458. The third kappa shape index (κ3) is 6.47. The summed E-state index contributed by atoms with van der Waals surface area (Å²) in [4.78, 5) is 26.9. The van der Waals surface area contributed by atoms with E-state index in [0.717, 1.165) is 12.8 Å². The van der Waals surface area contributed by atoms with Gasteiger partial charge in [-0.2, -0.15) is 0 Å². The van der Waals surface area contributed by atoms with Crippen LogP contribution in [0.3, 0.4) is 0 Å². The molecular formula is C18H33N3O4. The second kappa shape index (κ2) is 9.38. The predicted octanol–water partition coefficient (Wildman–Crippen LogP) is 1.63. The van der Waals surface area contributed by atoms with E-state index in [1.165, 1.54) is 12.8 Å². The highest BCUT2D eigenvalue weighted by Gasteiger charge is 2.29. The second-order valence-corrected chi connectivity index (χ2v) is 7.85. The fraction of sp³-hybridized carbons (Fsp3) is 0.889. The van der Waals surface area contributed by atoms with Gasteiger partial charge in [-0.3, -0.25) is 9.69 Å². The molecule has 1 saturated heterocycles. The van der Waals surface area contributed by atoms with Gasteiger partial charge < -0.3 is 20.1 Å². The van der Waals surface area contributed by atoms with Gasteiger partial charge in [0.05, 0.1) is 19.3 Å². The van der Waals surface area contributed by atoms with Gasteiger partial charge >= 0.3 is 12.0 Å². The minimum absolute atomic E-state index is 0.0106. The molecule has 2 rings (SSSR count). The van der Waals surface area contributed by atoms with E-state index in [0.29, 0.717) is 38.1 Å². The van der Waals surface area contributed by atoms with Gasteiger partial charge in [-0.25, -0.2) is 4.79 Å². The molecule has 2 amide bonds. The molecule has 1 heterocycles. The van der Waals surface area contributed by atoms with Crippen LogP contribution in [-0.2, 0) is 9.53 Å². The minimum Gasteiger partial charge on any atom is -0.480 e. The van der Waals surface area contributed by atoms with E-state index in [1.807, 2.05) is 4.90 Å². The molecule has 1 saturated carbocycles. The lowest BCUT2D eigenvalue weighted by molar-refractivity contribution is -0.138. The fourth-order valence-electron chi connectivity index (χ4n) is 3.89. The summed E-state index contributed by atoms with van der Waals surface area (Å²) in [6.45, 7) is 6.60. The molecule has 0 aromatic carbocycles. The normalized spacial score (nSPS) is 27.6. The molecule has 2 N–H and O–H groups in total. The molecule has 25 heavy (non-hydrogen) atoms. The monoisotopic (exact) mass is 355 g/mol. The van der Waals surface area contributed by atoms with E-state index in [-0.39, 0.29) is 24.7 Å². The van der Waals surface area contributed by atoms with Crippen molar-refractivity contribution in [2.75, 3.05) is 39.8 Å². The van der Waals surface area contributed by atoms with Gasteiger partial charge in [-0.15, -0.1) is 0 Å². The van der Waals surface area contributed by atoms with Crippen molar-refractivity contribution in [2.24, 2.45) is 11.8 Å². The number of carbonyl (C=O) groups is 2. The summed E-state index contributed by atoms with van der Waals surface area (Å²) < 4.78 is 5.69. The zero-order valence-corrected chi connectivity index (χ0v) is 15.7. The summed E-state index contributed by atoms with van der Waals surface area (Å²) in [5.41, 5.74) is 0. The number of urea groups is 1. The molecule has 3 unspecified atom stereocenters. The molecule has 144 valence electrons. The Hall–Kier alpha value is -1.34. The van der Waals surface area contributed by atoms with Crippen LogP contribution in [0.2, 0.25) is 0 Å². The molecule has 7 nitrogen and oxygen atoms in total. The van der Waals surface area contributed by atoms with Gasteiger partial charge in [-0.05, 0) is 31.7 Å². The summed E-state index contributed by atoms with van der Waals surface area (Å²) in [6, 6.07) is 0.258. The van der Waals surface area contributed by atoms with Crippen LogP contribution < -0.4 is 5.32 Å². The van der Waals surface area contributed by atoms with Crippen LogP contribution in [0.4, 0.5) is 4.79 Å². The van der Waals surface area contributed by atoms with Crippen LogP contribution in [0, 0.1) is 11.8 Å². The van der Waals surface area contributed by atoms with Crippen molar-refractivity contribution in [1.29, 1.82) is 0 Å². The van der Waals surface area contributed by atoms with Gasteiger partial charge in [-0.1, -0.05) is 26.7 Å². The summed E-state index contributed by atoms with van der Waals surface area (Å²) >= 11 is 0. The second-order valence-electron chi connectivity index (χ2n) is 7.85. The number of rotatable bonds is 6. The lowest BCUT2D eigenvalue weighted by atomic mass is 9.79. The standard InChI is InChI=1S/C18H33N3O4/c1-13(2)14-5-4-6-15(9-14)19-18(24)21-7-8-25-16(11-21)10-20(3)12-17(22)23/h13-16H,4-12H2,1-3H3,(H,19,24)(H,22,23). The molecular weight excluding hydrogens is 322 g/mol. The smallest absolute Gasteiger partial charge is 0.317 e. The van der Waals surface area contributed by atoms with E-state index < -0.39 is 5.97 Å². The maximum absolute atomic E-state index is 12.6. The van der Waals surface area contributed by atoms with Crippen molar-refractivity contribution in [2.45, 2.75) is 51.7 Å². The van der Waals surface area contributed by atoms with E-state index in [4.69, 9.17) is 9.84 Å². The van der Waals surface area contributed by atoms with Gasteiger partial charge in [0, 0.05) is 25.7 Å². The number of nitrogens with zero attached hydrogens (tertiary/aromatic N) is 2. The molecule has 2 aliphatic rings. The molecule has 3 atom stereocenters. The third-order valence-corrected chi connectivity index (χ3v) is 5.33. The van der Waals surface area contributed by atoms with Crippen LogP contribution in [0.15, 0.2) is 0 Å². The summed E-state index contributed by atoms with van der Waals surface area (Å²) in [5, 5.41) is 12.0. The summed E-state index contributed by atoms with van der Waals surface area (Å²) in [6.07, 6.45) is 4.43. The number of carbonyl (C=O) groups excluding carboxylic acids is 1. The van der Waals surface area contributed by atoms with Crippen LogP contribution in [-0.4, -0.2) is 78.9 Å². The maximum Gasteiger partial charge on any atom is 0.317 e. The number of hydrogen-bond donors (Lipinski definition) is 2. The Balaban J connectivity index is 1.79. The highest BCUT2D eigenvalue weighted by molar-refractivity contribution is 5.74. The highest BCUT2D eigenvalue weighted by atomic mass is 16.5. The number of nitrogens with one attached hydrogen (secondary N) is 1. The maximum atomic E-state index is 12.6. The van der Waals surface area contributed by atoms with Crippen molar-refractivity contribution < 1.29 is 19.4 Å². The molecule has 0 radical (unpaired) electrons. The fourth-order valence-corrected chi connectivity index (χ4v) is 3.89. The quantitative estimate of drug-likeness (QED) is 0.757. The lowest BCUT2D eigenvalue weighted by Crippen LogP contribution is -2.54. The van der Waals surface area contributed by atoms with E-state index in [1.54, 1.807) is 11.9 Å². The number of ether oxygens (including phenoxy) is 1. The number of amides is 2. The summed E-state index contributed by atoms with van der Waals surface area (Å²) in [7, 11) is 1.75. The molecule has 7 heteroatoms. The van der Waals surface area contributed by atoms with Crippen molar-refractivity contribution >= 4 is 12.0 Å². The predicted molar refractivity (Wildman–Crippen MR) is 95.6 cm³/mol. The Morgan fingerprint density at radius 3 is 2.80 bits per heavy atom. The molecule has 0 aromatic rings. The van der Waals surface area contributed by atoms with Crippen LogP contribution in [0.25, 0.3) is 0 Å². The zero-order chi connectivity index (χ0) is 18.4. The van der Waals surface area contributed by atoms with Crippen molar-refractivity contribution in [3.63, 3.8) is 0 Å². The molecule has 0 bridgehead atoms. The molecule has 0 spiro atoms.